The summed E-state index contributed by atoms with van der Waals surface area (Å²) in [4.78, 5) is 4.81. The van der Waals surface area contributed by atoms with Crippen molar-refractivity contribution in [3.63, 3.8) is 0 Å². The Morgan fingerprint density at radius 2 is 1.75 bits per heavy atom. The van der Waals surface area contributed by atoms with Crippen LogP contribution in [-0.2, 0) is 0 Å². The van der Waals surface area contributed by atoms with E-state index in [1.807, 2.05) is 6.07 Å². The van der Waals surface area contributed by atoms with Gasteiger partial charge in [0.05, 0.1) is 6.04 Å². The lowest BCUT2D eigenvalue weighted by atomic mass is 9.48. The van der Waals surface area contributed by atoms with Crippen molar-refractivity contribution in [2.75, 3.05) is 0 Å². The summed E-state index contributed by atoms with van der Waals surface area (Å²) in [6.07, 6.45) is 9.08. The Hall–Kier alpha value is -1.29. The minimum absolute atomic E-state index is 0.0636. The summed E-state index contributed by atoms with van der Waals surface area (Å²) in [6, 6.07) is 6.97. The second-order valence-corrected chi connectivity index (χ2v) is 8.90. The van der Waals surface area contributed by atoms with E-state index in [9.17, 15) is 4.39 Å². The van der Waals surface area contributed by atoms with Crippen LogP contribution in [-0.4, -0.2) is 10.8 Å². The van der Waals surface area contributed by atoms with E-state index in [0.29, 0.717) is 5.11 Å². The topological polar surface area (TPSA) is 24.4 Å². The second kappa shape index (κ2) is 5.35. The fourth-order valence-electron chi connectivity index (χ4n) is 6.32. The smallest absolute Gasteiger partial charge is 0.193 e. The van der Waals surface area contributed by atoms with E-state index in [1.54, 1.807) is 12.1 Å². The summed E-state index contributed by atoms with van der Waals surface area (Å²) in [5.74, 6) is 2.51. The molecule has 1 aromatic carbocycles. The zero-order valence-electron chi connectivity index (χ0n) is 13.8. The van der Waals surface area contributed by atoms with Crippen molar-refractivity contribution in [1.29, 1.82) is 0 Å². The molecule has 1 N–H and O–H groups in total. The van der Waals surface area contributed by atoms with Gasteiger partial charge in [-0.3, -0.25) is 0 Å². The van der Waals surface area contributed by atoms with Crippen molar-refractivity contribution in [3.8, 4) is 0 Å². The first-order chi connectivity index (χ1) is 11.6. The third-order valence-electron chi connectivity index (χ3n) is 6.83. The highest BCUT2D eigenvalue weighted by atomic mass is 32.1. The van der Waals surface area contributed by atoms with E-state index in [4.69, 9.17) is 17.2 Å². The van der Waals surface area contributed by atoms with Crippen LogP contribution >= 0.6 is 12.2 Å². The number of nitrogens with one attached hydrogen (secondary N) is 1. The molecule has 1 heterocycles. The molecule has 0 amide bonds. The lowest BCUT2D eigenvalue weighted by Crippen LogP contribution is -2.52. The molecule has 4 aliphatic carbocycles. The van der Waals surface area contributed by atoms with Gasteiger partial charge in [-0.15, -0.1) is 0 Å². The second-order valence-electron chi connectivity index (χ2n) is 8.52. The summed E-state index contributed by atoms with van der Waals surface area (Å²) >= 11 is 5.46. The Morgan fingerprint density at radius 1 is 1.08 bits per heavy atom. The van der Waals surface area contributed by atoms with Gasteiger partial charge in [-0.1, -0.05) is 12.1 Å². The molecule has 0 spiro atoms. The lowest BCUT2D eigenvalue weighted by Gasteiger charge is -2.57. The number of thiocarbonyl (C=S) groups is 1. The van der Waals surface area contributed by atoms with Crippen LogP contribution in [0.15, 0.2) is 29.3 Å². The van der Waals surface area contributed by atoms with Crippen LogP contribution in [0.25, 0.3) is 0 Å². The molecule has 2 nitrogen and oxygen atoms in total. The van der Waals surface area contributed by atoms with Gasteiger partial charge in [-0.25, -0.2) is 9.38 Å². The summed E-state index contributed by atoms with van der Waals surface area (Å²) in [5, 5.41) is 3.88. The van der Waals surface area contributed by atoms with Crippen molar-refractivity contribution in [2.24, 2.45) is 28.2 Å². The van der Waals surface area contributed by atoms with E-state index >= 15 is 0 Å². The monoisotopic (exact) mass is 342 g/mol. The van der Waals surface area contributed by atoms with Crippen LogP contribution in [0.1, 0.15) is 56.6 Å². The maximum Gasteiger partial charge on any atom is 0.193 e. The van der Waals surface area contributed by atoms with Gasteiger partial charge in [0.15, 0.2) is 5.11 Å². The van der Waals surface area contributed by atoms with Gasteiger partial charge < -0.3 is 5.32 Å². The van der Waals surface area contributed by atoms with Crippen molar-refractivity contribution < 1.29 is 4.39 Å². The number of rotatable bonds is 2. The molecule has 126 valence electrons. The maximum atomic E-state index is 13.6. The van der Waals surface area contributed by atoms with Crippen LogP contribution in [0.5, 0.6) is 0 Å². The molecule has 1 aliphatic heterocycles. The van der Waals surface area contributed by atoms with E-state index in [2.05, 4.69) is 5.32 Å². The molecule has 4 bridgehead atoms. The van der Waals surface area contributed by atoms with E-state index in [0.717, 1.165) is 29.7 Å². The molecule has 1 unspecified atom stereocenters. The number of benzene rings is 1. The first-order valence-electron chi connectivity index (χ1n) is 9.24. The molecule has 0 saturated heterocycles. The normalized spacial score (nSPS) is 40.4. The molecule has 1 aromatic rings. The number of hydrogen-bond acceptors (Lipinski definition) is 1. The molecule has 0 radical (unpaired) electrons. The van der Waals surface area contributed by atoms with Crippen LogP contribution in [0.2, 0.25) is 0 Å². The van der Waals surface area contributed by atoms with Crippen molar-refractivity contribution >= 4 is 23.0 Å². The Kier molecular flexibility index (Phi) is 3.35. The lowest BCUT2D eigenvalue weighted by molar-refractivity contribution is -0.0136. The average molecular weight is 342 g/mol. The minimum Gasteiger partial charge on any atom is -0.354 e. The molecule has 4 heteroatoms. The number of aliphatic imine (C=N–C) groups is 1. The maximum absolute atomic E-state index is 13.6. The minimum atomic E-state index is -0.181. The molecular weight excluding hydrogens is 319 g/mol. The van der Waals surface area contributed by atoms with Gasteiger partial charge in [-0.2, -0.15) is 0 Å². The Balaban J connectivity index is 1.47. The predicted octanol–water partition coefficient (Wildman–Crippen LogP) is 4.80. The SMILES string of the molecule is Fc1cccc(C2CC(C34CC5CC(CC(C5)C3)C4)=NC(=S)N2)c1. The van der Waals surface area contributed by atoms with Crippen molar-refractivity contribution in [2.45, 2.75) is 51.0 Å². The Bertz CT molecular complexity index is 691. The van der Waals surface area contributed by atoms with Crippen LogP contribution in [0.4, 0.5) is 4.39 Å². The van der Waals surface area contributed by atoms with E-state index < -0.39 is 0 Å². The van der Waals surface area contributed by atoms with Crippen molar-refractivity contribution in [3.05, 3.63) is 35.6 Å². The first-order valence-corrected chi connectivity index (χ1v) is 9.64. The van der Waals surface area contributed by atoms with Gasteiger partial charge in [0.2, 0.25) is 0 Å². The number of halogens is 1. The van der Waals surface area contributed by atoms with Gasteiger partial charge in [0, 0.05) is 17.5 Å². The fourth-order valence-corrected chi connectivity index (χ4v) is 6.57. The molecule has 0 aromatic heterocycles. The van der Waals surface area contributed by atoms with Gasteiger partial charge in [-0.05, 0) is 86.2 Å². The van der Waals surface area contributed by atoms with E-state index in [1.165, 1.54) is 50.3 Å². The van der Waals surface area contributed by atoms with Crippen LogP contribution in [0.3, 0.4) is 0 Å². The highest BCUT2D eigenvalue weighted by molar-refractivity contribution is 7.80. The number of hydrogen-bond donors (Lipinski definition) is 1. The molecule has 4 fully saturated rings. The highest BCUT2D eigenvalue weighted by Gasteiger charge is 2.53. The standard InChI is InChI=1S/C20H23FN2S/c21-16-3-1-2-15(7-16)17-8-18(23-19(24)22-17)20-9-12-4-13(10-20)6-14(5-12)11-20/h1-3,7,12-14,17H,4-6,8-11H2,(H,22,24). The fraction of sp³-hybridized carbons (Fsp3) is 0.600. The molecular formula is C20H23FN2S. The molecule has 24 heavy (non-hydrogen) atoms. The van der Waals surface area contributed by atoms with Gasteiger partial charge in [0.25, 0.3) is 0 Å². The van der Waals surface area contributed by atoms with E-state index in [-0.39, 0.29) is 17.3 Å². The molecule has 6 rings (SSSR count). The third-order valence-corrected chi connectivity index (χ3v) is 7.04. The zero-order chi connectivity index (χ0) is 16.3. The summed E-state index contributed by atoms with van der Waals surface area (Å²) in [6.45, 7) is 0. The van der Waals surface area contributed by atoms with Gasteiger partial charge >= 0.3 is 0 Å². The first kappa shape index (κ1) is 15.0. The number of nitrogens with zero attached hydrogens (tertiary/aromatic N) is 1. The third kappa shape index (κ3) is 2.42. The average Bonchev–Trinajstić information content (AvgIpc) is 2.53. The zero-order valence-corrected chi connectivity index (χ0v) is 14.6. The quantitative estimate of drug-likeness (QED) is 0.781. The summed E-state index contributed by atoms with van der Waals surface area (Å²) < 4.78 is 13.6. The van der Waals surface area contributed by atoms with Crippen LogP contribution < -0.4 is 5.32 Å². The summed E-state index contributed by atoms with van der Waals surface area (Å²) in [5.41, 5.74) is 2.57. The molecule has 5 aliphatic rings. The highest BCUT2D eigenvalue weighted by Crippen LogP contribution is 2.61. The van der Waals surface area contributed by atoms with Gasteiger partial charge in [0.1, 0.15) is 5.82 Å². The van der Waals surface area contributed by atoms with Crippen molar-refractivity contribution in [1.82, 2.24) is 5.32 Å². The Morgan fingerprint density at radius 3 is 2.38 bits per heavy atom. The molecule has 4 saturated carbocycles. The Labute approximate surface area is 147 Å². The molecule has 1 atom stereocenters. The largest absolute Gasteiger partial charge is 0.354 e. The predicted molar refractivity (Wildman–Crippen MR) is 97.5 cm³/mol. The van der Waals surface area contributed by atoms with Crippen LogP contribution in [0, 0.1) is 29.0 Å². The summed E-state index contributed by atoms with van der Waals surface area (Å²) in [7, 11) is 0.